The molecule has 2 saturated heterocycles. The molecule has 0 N–H and O–H groups in total. The molecule has 0 unspecified atom stereocenters. The summed E-state index contributed by atoms with van der Waals surface area (Å²) in [5, 5.41) is 9.01. The maximum absolute atomic E-state index is 13.0. The number of amides is 1. The third kappa shape index (κ3) is 3.70. The number of carbonyl (C=O) groups excluding carboxylic acids is 1. The molecule has 4 rings (SSSR count). The number of aryl methyl sites for hydroxylation is 1. The lowest BCUT2D eigenvalue weighted by molar-refractivity contribution is -0.133. The molecule has 2 aromatic rings. The summed E-state index contributed by atoms with van der Waals surface area (Å²) in [6.07, 6.45) is 1.63. The number of aromatic nitrogens is 1. The third-order valence-electron chi connectivity index (χ3n) is 6.14. The standard InChI is InChI=1S/C23H27N5O/c1-16-6-4-5-7-19(16)23-20-14-27(21-9-8-17(10-24)11-25-21)12-18(20)13-28(23)22(29)15-26(2)3/h4-9,11,18,20,23H,12-15H2,1-3H3/t18-,20-,23+/m1/s1. The van der Waals surface area contributed by atoms with Crippen molar-refractivity contribution in [3.63, 3.8) is 0 Å². The first-order valence-electron chi connectivity index (χ1n) is 10.1. The number of likely N-dealkylation sites (tertiary alicyclic amines) is 1. The molecular weight excluding hydrogens is 362 g/mol. The van der Waals surface area contributed by atoms with Gasteiger partial charge >= 0.3 is 0 Å². The van der Waals surface area contributed by atoms with Crippen LogP contribution in [0.2, 0.25) is 0 Å². The lowest BCUT2D eigenvalue weighted by Gasteiger charge is -2.32. The van der Waals surface area contributed by atoms with Crippen LogP contribution in [0, 0.1) is 30.1 Å². The van der Waals surface area contributed by atoms with Gasteiger partial charge in [-0.1, -0.05) is 24.3 Å². The minimum atomic E-state index is 0.0945. The highest BCUT2D eigenvalue weighted by molar-refractivity contribution is 5.79. The molecule has 2 aliphatic heterocycles. The Balaban J connectivity index is 1.62. The minimum absolute atomic E-state index is 0.0945. The number of carbonyl (C=O) groups is 1. The number of anilines is 1. The number of fused-ring (bicyclic) bond motifs is 1. The minimum Gasteiger partial charge on any atom is -0.356 e. The van der Waals surface area contributed by atoms with Crippen LogP contribution in [0.15, 0.2) is 42.6 Å². The van der Waals surface area contributed by atoms with Gasteiger partial charge in [-0.15, -0.1) is 0 Å². The van der Waals surface area contributed by atoms with Crippen molar-refractivity contribution in [2.24, 2.45) is 11.8 Å². The predicted octanol–water partition coefficient (Wildman–Crippen LogP) is 2.46. The summed E-state index contributed by atoms with van der Waals surface area (Å²) in [5.74, 6) is 1.90. The van der Waals surface area contributed by atoms with E-state index in [4.69, 9.17) is 5.26 Å². The van der Waals surface area contributed by atoms with Gasteiger partial charge in [0.15, 0.2) is 0 Å². The number of pyridine rings is 1. The average molecular weight is 390 g/mol. The lowest BCUT2D eigenvalue weighted by Crippen LogP contribution is -2.40. The van der Waals surface area contributed by atoms with Crippen molar-refractivity contribution in [3.05, 3.63) is 59.3 Å². The molecule has 6 heteroatoms. The summed E-state index contributed by atoms with van der Waals surface area (Å²) < 4.78 is 0. The van der Waals surface area contributed by atoms with E-state index in [2.05, 4.69) is 52.0 Å². The molecule has 1 aromatic heterocycles. The summed E-state index contributed by atoms with van der Waals surface area (Å²) in [4.78, 5) is 23.9. The van der Waals surface area contributed by atoms with Crippen LogP contribution >= 0.6 is 0 Å². The van der Waals surface area contributed by atoms with E-state index in [1.807, 2.05) is 31.1 Å². The van der Waals surface area contributed by atoms with Gasteiger partial charge in [0.1, 0.15) is 11.9 Å². The second kappa shape index (κ2) is 7.84. The zero-order valence-corrected chi connectivity index (χ0v) is 17.2. The number of nitriles is 1. The SMILES string of the molecule is Cc1ccccc1[C@H]1[C@@H]2CN(c3ccc(C#N)cn3)C[C@@H]2CN1C(=O)CN(C)C. The zero-order valence-electron chi connectivity index (χ0n) is 17.2. The number of likely N-dealkylation sites (N-methyl/N-ethyl adjacent to an activating group) is 1. The number of hydrogen-bond acceptors (Lipinski definition) is 5. The quantitative estimate of drug-likeness (QED) is 0.804. The van der Waals surface area contributed by atoms with E-state index in [-0.39, 0.29) is 11.9 Å². The number of hydrogen-bond donors (Lipinski definition) is 0. The fourth-order valence-electron chi connectivity index (χ4n) is 4.81. The van der Waals surface area contributed by atoms with Crippen LogP contribution in [-0.2, 0) is 4.79 Å². The van der Waals surface area contributed by atoms with Crippen molar-refractivity contribution in [2.45, 2.75) is 13.0 Å². The van der Waals surface area contributed by atoms with Crippen molar-refractivity contribution < 1.29 is 4.79 Å². The fourth-order valence-corrected chi connectivity index (χ4v) is 4.81. The molecule has 150 valence electrons. The summed E-state index contributed by atoms with van der Waals surface area (Å²) in [7, 11) is 3.88. The third-order valence-corrected chi connectivity index (χ3v) is 6.14. The van der Waals surface area contributed by atoms with Gasteiger partial charge in [-0.3, -0.25) is 4.79 Å². The Labute approximate surface area is 172 Å². The number of benzene rings is 1. The van der Waals surface area contributed by atoms with Gasteiger partial charge in [-0.2, -0.15) is 5.26 Å². The highest BCUT2D eigenvalue weighted by atomic mass is 16.2. The molecule has 0 radical (unpaired) electrons. The average Bonchev–Trinajstić information content (AvgIpc) is 3.26. The first-order valence-corrected chi connectivity index (χ1v) is 10.1. The van der Waals surface area contributed by atoms with Crippen LogP contribution in [-0.4, -0.2) is 61.0 Å². The van der Waals surface area contributed by atoms with Crippen LogP contribution in [0.3, 0.4) is 0 Å². The first-order chi connectivity index (χ1) is 14.0. The van der Waals surface area contributed by atoms with Crippen molar-refractivity contribution in [2.75, 3.05) is 45.2 Å². The van der Waals surface area contributed by atoms with Crippen LogP contribution in [0.4, 0.5) is 5.82 Å². The van der Waals surface area contributed by atoms with E-state index >= 15 is 0 Å². The molecule has 0 spiro atoms. The van der Waals surface area contributed by atoms with E-state index in [1.165, 1.54) is 11.1 Å². The van der Waals surface area contributed by atoms with Gasteiger partial charge in [-0.05, 0) is 44.3 Å². The van der Waals surface area contributed by atoms with Gasteiger partial charge in [0.2, 0.25) is 5.91 Å². The molecule has 0 bridgehead atoms. The van der Waals surface area contributed by atoms with Gasteiger partial charge in [-0.25, -0.2) is 4.98 Å². The largest absolute Gasteiger partial charge is 0.356 e. The van der Waals surface area contributed by atoms with Crippen LogP contribution < -0.4 is 4.90 Å². The van der Waals surface area contributed by atoms with Crippen molar-refractivity contribution in [1.82, 2.24) is 14.8 Å². The first kappa shape index (κ1) is 19.4. The van der Waals surface area contributed by atoms with Crippen LogP contribution in [0.1, 0.15) is 22.7 Å². The fraction of sp³-hybridized carbons (Fsp3) is 0.435. The Morgan fingerprint density at radius 2 is 2.00 bits per heavy atom. The van der Waals surface area contributed by atoms with Gasteiger partial charge in [0.25, 0.3) is 0 Å². The van der Waals surface area contributed by atoms with E-state index in [9.17, 15) is 4.79 Å². The Kier molecular flexibility index (Phi) is 5.25. The Bertz CT molecular complexity index is 933. The smallest absolute Gasteiger partial charge is 0.237 e. The molecule has 6 nitrogen and oxygen atoms in total. The summed E-state index contributed by atoms with van der Waals surface area (Å²) >= 11 is 0. The second-order valence-corrected chi connectivity index (χ2v) is 8.43. The Morgan fingerprint density at radius 3 is 2.66 bits per heavy atom. The lowest BCUT2D eigenvalue weighted by atomic mass is 9.87. The Morgan fingerprint density at radius 1 is 1.21 bits per heavy atom. The highest BCUT2D eigenvalue weighted by Gasteiger charge is 2.49. The molecule has 0 saturated carbocycles. The molecule has 0 aliphatic carbocycles. The topological polar surface area (TPSA) is 63.5 Å². The van der Waals surface area contributed by atoms with E-state index in [1.54, 1.807) is 6.20 Å². The molecule has 3 heterocycles. The van der Waals surface area contributed by atoms with Crippen molar-refractivity contribution >= 4 is 11.7 Å². The van der Waals surface area contributed by atoms with Crippen LogP contribution in [0.25, 0.3) is 0 Å². The Hall–Kier alpha value is -2.91. The zero-order chi connectivity index (χ0) is 20.5. The molecule has 2 aliphatic rings. The molecule has 1 aromatic carbocycles. The molecule has 29 heavy (non-hydrogen) atoms. The number of nitrogens with zero attached hydrogens (tertiary/aromatic N) is 5. The predicted molar refractivity (Wildman–Crippen MR) is 112 cm³/mol. The van der Waals surface area contributed by atoms with E-state index in [0.717, 1.165) is 25.5 Å². The second-order valence-electron chi connectivity index (χ2n) is 8.43. The van der Waals surface area contributed by atoms with Gasteiger partial charge < -0.3 is 14.7 Å². The van der Waals surface area contributed by atoms with Crippen LogP contribution in [0.5, 0.6) is 0 Å². The molecule has 3 atom stereocenters. The van der Waals surface area contributed by atoms with Crippen molar-refractivity contribution in [1.29, 1.82) is 5.26 Å². The summed E-state index contributed by atoms with van der Waals surface area (Å²) in [5.41, 5.74) is 3.06. The maximum atomic E-state index is 13.0. The monoisotopic (exact) mass is 389 g/mol. The summed E-state index contributed by atoms with van der Waals surface area (Å²) in [6, 6.07) is 14.4. The van der Waals surface area contributed by atoms with E-state index < -0.39 is 0 Å². The molecule has 1 amide bonds. The number of rotatable bonds is 4. The maximum Gasteiger partial charge on any atom is 0.237 e. The highest BCUT2D eigenvalue weighted by Crippen LogP contribution is 2.46. The normalized spacial score (nSPS) is 23.3. The van der Waals surface area contributed by atoms with Crippen molar-refractivity contribution in [3.8, 4) is 6.07 Å². The molecular formula is C23H27N5O. The van der Waals surface area contributed by atoms with Gasteiger partial charge in [0.05, 0.1) is 18.2 Å². The van der Waals surface area contributed by atoms with E-state index in [0.29, 0.717) is 23.9 Å². The summed E-state index contributed by atoms with van der Waals surface area (Å²) in [6.45, 7) is 5.10. The van der Waals surface area contributed by atoms with Gasteiger partial charge in [0, 0.05) is 37.7 Å². The molecule has 2 fully saturated rings.